The van der Waals surface area contributed by atoms with Crippen molar-refractivity contribution < 1.29 is 4.74 Å². The van der Waals surface area contributed by atoms with E-state index in [1.54, 1.807) is 0 Å². The first-order valence-corrected chi connectivity index (χ1v) is 7.05. The van der Waals surface area contributed by atoms with Crippen LogP contribution in [0.5, 0.6) is 0 Å². The number of fused-ring (bicyclic) bond motifs is 1. The van der Waals surface area contributed by atoms with E-state index < -0.39 is 0 Å². The molecule has 1 aromatic heterocycles. The maximum Gasteiger partial charge on any atom is 0.0507 e. The van der Waals surface area contributed by atoms with Crippen molar-refractivity contribution in [3.63, 3.8) is 0 Å². The van der Waals surface area contributed by atoms with E-state index in [-0.39, 0.29) is 0 Å². The quantitative estimate of drug-likeness (QED) is 0.896. The Bertz CT molecular complexity index is 488. The molecule has 0 radical (unpaired) electrons. The van der Waals surface area contributed by atoms with E-state index in [1.807, 2.05) is 11.3 Å². The van der Waals surface area contributed by atoms with Crippen LogP contribution in [0.25, 0.3) is 10.1 Å². The molecule has 17 heavy (non-hydrogen) atoms. The summed E-state index contributed by atoms with van der Waals surface area (Å²) in [5.41, 5.74) is 1.42. The molecule has 1 atom stereocenters. The Hall–Kier alpha value is -0.900. The maximum atomic E-state index is 5.38. The summed E-state index contributed by atoms with van der Waals surface area (Å²) in [5.74, 6) is 0.708. The number of benzene rings is 1. The van der Waals surface area contributed by atoms with Crippen LogP contribution in [0.1, 0.15) is 12.0 Å². The second-order valence-corrected chi connectivity index (χ2v) is 5.53. The Morgan fingerprint density at radius 1 is 1.35 bits per heavy atom. The molecule has 1 N–H and O–H groups in total. The van der Waals surface area contributed by atoms with Gasteiger partial charge in [-0.3, -0.25) is 0 Å². The Kier molecular flexibility index (Phi) is 3.41. The van der Waals surface area contributed by atoms with E-state index in [2.05, 4.69) is 35.0 Å². The molecule has 0 bridgehead atoms. The van der Waals surface area contributed by atoms with Crippen LogP contribution in [0.3, 0.4) is 0 Å². The molecule has 2 heterocycles. The standard InChI is InChI=1S/C14H17NOS/c1-2-4-14-13(3-1)12(10-17-14)8-15-7-11-5-6-16-9-11/h1-4,10-11,15H,5-9H2/t11-/m0/s1. The zero-order valence-corrected chi connectivity index (χ0v) is 10.6. The predicted octanol–water partition coefficient (Wildman–Crippen LogP) is 3.03. The van der Waals surface area contributed by atoms with Gasteiger partial charge in [0.15, 0.2) is 0 Å². The van der Waals surface area contributed by atoms with E-state index >= 15 is 0 Å². The van der Waals surface area contributed by atoms with Crippen LogP contribution in [0.4, 0.5) is 0 Å². The van der Waals surface area contributed by atoms with Gasteiger partial charge in [0.05, 0.1) is 6.61 Å². The Morgan fingerprint density at radius 2 is 2.29 bits per heavy atom. The van der Waals surface area contributed by atoms with E-state index in [1.165, 1.54) is 22.1 Å². The van der Waals surface area contributed by atoms with Crippen molar-refractivity contribution in [1.29, 1.82) is 0 Å². The second kappa shape index (κ2) is 5.17. The minimum atomic E-state index is 0.708. The zero-order chi connectivity index (χ0) is 11.5. The van der Waals surface area contributed by atoms with Crippen molar-refractivity contribution in [2.75, 3.05) is 19.8 Å². The summed E-state index contributed by atoms with van der Waals surface area (Å²) in [4.78, 5) is 0. The highest BCUT2D eigenvalue weighted by Crippen LogP contribution is 2.25. The molecule has 1 saturated heterocycles. The molecular weight excluding hydrogens is 230 g/mol. The van der Waals surface area contributed by atoms with Crippen LogP contribution in [0.2, 0.25) is 0 Å². The minimum Gasteiger partial charge on any atom is -0.381 e. The number of rotatable bonds is 4. The summed E-state index contributed by atoms with van der Waals surface area (Å²) in [7, 11) is 0. The third-order valence-corrected chi connectivity index (χ3v) is 4.35. The molecule has 2 aromatic rings. The first-order valence-electron chi connectivity index (χ1n) is 6.17. The summed E-state index contributed by atoms with van der Waals surface area (Å²) in [6.07, 6.45) is 1.21. The highest BCUT2D eigenvalue weighted by Gasteiger charge is 2.14. The number of ether oxygens (including phenoxy) is 1. The lowest BCUT2D eigenvalue weighted by Crippen LogP contribution is -2.22. The van der Waals surface area contributed by atoms with Crippen LogP contribution in [-0.4, -0.2) is 19.8 Å². The molecule has 2 nitrogen and oxygen atoms in total. The van der Waals surface area contributed by atoms with Gasteiger partial charge in [-0.15, -0.1) is 11.3 Å². The molecule has 3 heteroatoms. The molecule has 90 valence electrons. The van der Waals surface area contributed by atoms with Crippen molar-refractivity contribution in [2.45, 2.75) is 13.0 Å². The minimum absolute atomic E-state index is 0.708. The lowest BCUT2D eigenvalue weighted by molar-refractivity contribution is 0.185. The van der Waals surface area contributed by atoms with Crippen LogP contribution in [0, 0.1) is 5.92 Å². The first-order chi connectivity index (χ1) is 8.43. The fourth-order valence-corrected chi connectivity index (χ4v) is 3.29. The SMILES string of the molecule is c1ccc2c(CNC[C@@H]3CCOC3)csc2c1. The van der Waals surface area contributed by atoms with Crippen LogP contribution < -0.4 is 5.32 Å². The van der Waals surface area contributed by atoms with E-state index in [0.29, 0.717) is 5.92 Å². The Balaban J connectivity index is 1.60. The third kappa shape index (κ3) is 2.51. The van der Waals surface area contributed by atoms with Crippen LogP contribution >= 0.6 is 11.3 Å². The molecule has 1 aliphatic heterocycles. The summed E-state index contributed by atoms with van der Waals surface area (Å²) >= 11 is 1.83. The average Bonchev–Trinajstić information content (AvgIpc) is 2.99. The van der Waals surface area contributed by atoms with Gasteiger partial charge >= 0.3 is 0 Å². The predicted molar refractivity (Wildman–Crippen MR) is 72.5 cm³/mol. The second-order valence-electron chi connectivity index (χ2n) is 4.62. The molecule has 0 unspecified atom stereocenters. The molecule has 0 spiro atoms. The molecule has 1 fully saturated rings. The van der Waals surface area contributed by atoms with Gasteiger partial charge in [0.25, 0.3) is 0 Å². The van der Waals surface area contributed by atoms with E-state index in [4.69, 9.17) is 4.74 Å². The largest absolute Gasteiger partial charge is 0.381 e. The number of nitrogens with one attached hydrogen (secondary N) is 1. The van der Waals surface area contributed by atoms with Crippen molar-refractivity contribution in [3.05, 3.63) is 35.2 Å². The van der Waals surface area contributed by atoms with Gasteiger partial charge in [-0.25, -0.2) is 0 Å². The van der Waals surface area contributed by atoms with Crippen molar-refractivity contribution in [2.24, 2.45) is 5.92 Å². The number of hydrogen-bond donors (Lipinski definition) is 1. The Morgan fingerprint density at radius 3 is 3.18 bits per heavy atom. The topological polar surface area (TPSA) is 21.3 Å². The van der Waals surface area contributed by atoms with E-state index in [9.17, 15) is 0 Å². The fourth-order valence-electron chi connectivity index (χ4n) is 2.32. The smallest absolute Gasteiger partial charge is 0.0507 e. The van der Waals surface area contributed by atoms with Gasteiger partial charge < -0.3 is 10.1 Å². The van der Waals surface area contributed by atoms with Gasteiger partial charge in [0, 0.05) is 24.4 Å². The first kappa shape index (κ1) is 11.2. The van der Waals surface area contributed by atoms with Gasteiger partial charge in [-0.1, -0.05) is 18.2 Å². The molecular formula is C14H17NOS. The van der Waals surface area contributed by atoms with Gasteiger partial charge in [-0.2, -0.15) is 0 Å². The zero-order valence-electron chi connectivity index (χ0n) is 9.82. The lowest BCUT2D eigenvalue weighted by Gasteiger charge is -2.08. The highest BCUT2D eigenvalue weighted by atomic mass is 32.1. The van der Waals surface area contributed by atoms with Gasteiger partial charge in [0.1, 0.15) is 0 Å². The number of thiophene rings is 1. The summed E-state index contributed by atoms with van der Waals surface area (Å²) in [6.45, 7) is 3.91. The Labute approximate surface area is 106 Å². The number of hydrogen-bond acceptors (Lipinski definition) is 3. The molecule has 1 aliphatic rings. The molecule has 1 aromatic carbocycles. The summed E-state index contributed by atoms with van der Waals surface area (Å²) in [5, 5.41) is 7.21. The van der Waals surface area contributed by atoms with Gasteiger partial charge in [-0.05, 0) is 34.7 Å². The van der Waals surface area contributed by atoms with Crippen molar-refractivity contribution in [1.82, 2.24) is 5.32 Å². The van der Waals surface area contributed by atoms with Gasteiger partial charge in [0.2, 0.25) is 0 Å². The summed E-state index contributed by atoms with van der Waals surface area (Å²) in [6, 6.07) is 8.62. The average molecular weight is 247 g/mol. The monoisotopic (exact) mass is 247 g/mol. The highest BCUT2D eigenvalue weighted by molar-refractivity contribution is 7.17. The van der Waals surface area contributed by atoms with Crippen molar-refractivity contribution in [3.8, 4) is 0 Å². The van der Waals surface area contributed by atoms with Crippen molar-refractivity contribution >= 4 is 21.4 Å². The molecule has 3 rings (SSSR count). The summed E-state index contributed by atoms with van der Waals surface area (Å²) < 4.78 is 6.76. The maximum absolute atomic E-state index is 5.38. The van der Waals surface area contributed by atoms with Crippen LogP contribution in [0.15, 0.2) is 29.6 Å². The fraction of sp³-hybridized carbons (Fsp3) is 0.429. The lowest BCUT2D eigenvalue weighted by atomic mass is 10.1. The molecule has 0 aliphatic carbocycles. The molecule has 0 saturated carbocycles. The van der Waals surface area contributed by atoms with E-state index in [0.717, 1.165) is 26.3 Å². The van der Waals surface area contributed by atoms with Crippen LogP contribution in [-0.2, 0) is 11.3 Å². The normalized spacial score (nSPS) is 20.1. The molecule has 0 amide bonds. The third-order valence-electron chi connectivity index (χ3n) is 3.33.